The molecule has 0 heterocycles. The lowest BCUT2D eigenvalue weighted by Gasteiger charge is -2.15. The molecule has 9 nitrogen and oxygen atoms in total. The maximum atomic E-state index is 13.3. The maximum Gasteiger partial charge on any atom is 0.201 e. The summed E-state index contributed by atoms with van der Waals surface area (Å²) < 4.78 is 0. The Kier molecular flexibility index (Phi) is 5.30. The molecule has 8 N–H and O–H groups in total. The molecule has 4 aromatic rings. The van der Waals surface area contributed by atoms with Gasteiger partial charge >= 0.3 is 0 Å². The molecular formula is C25H18O9. The normalized spacial score (nSPS) is 10.8. The Morgan fingerprint density at radius 1 is 0.441 bits per heavy atom. The number of benzene rings is 4. The number of carbonyl (C=O) groups is 1. The second-order valence-electron chi connectivity index (χ2n) is 7.46. The monoisotopic (exact) mass is 462 g/mol. The van der Waals surface area contributed by atoms with Crippen LogP contribution in [0.4, 0.5) is 0 Å². The predicted molar refractivity (Wildman–Crippen MR) is 121 cm³/mol. The van der Waals surface area contributed by atoms with Gasteiger partial charge in [0, 0.05) is 11.1 Å². The van der Waals surface area contributed by atoms with E-state index in [4.69, 9.17) is 0 Å². The van der Waals surface area contributed by atoms with Crippen molar-refractivity contribution < 1.29 is 45.6 Å². The van der Waals surface area contributed by atoms with Crippen molar-refractivity contribution in [3.8, 4) is 68.2 Å². The topological polar surface area (TPSA) is 179 Å². The van der Waals surface area contributed by atoms with Crippen LogP contribution < -0.4 is 0 Å². The third-order valence-electron chi connectivity index (χ3n) is 5.34. The zero-order valence-electron chi connectivity index (χ0n) is 17.3. The van der Waals surface area contributed by atoms with Crippen LogP contribution in [-0.2, 0) is 0 Å². The molecular weight excluding hydrogens is 444 g/mol. The smallest absolute Gasteiger partial charge is 0.201 e. The van der Waals surface area contributed by atoms with E-state index in [2.05, 4.69) is 0 Å². The molecule has 4 aromatic carbocycles. The van der Waals surface area contributed by atoms with E-state index in [1.807, 2.05) is 0 Å². The standard InChI is InChI=1S/C25H18O9/c26-13-5-1-11(2-6-13)15-9-17(22(31)24(33)20(15)29)19(28)18-10-16(21(30)25(34)23(18)32)12-3-7-14(27)8-4-12/h1-10,26-27,29-34H. The first-order valence-corrected chi connectivity index (χ1v) is 9.79. The van der Waals surface area contributed by atoms with Gasteiger partial charge in [0.2, 0.25) is 17.3 Å². The average molecular weight is 462 g/mol. The Bertz CT molecular complexity index is 1310. The fraction of sp³-hybridized carbons (Fsp3) is 0. The van der Waals surface area contributed by atoms with Crippen molar-refractivity contribution in [2.75, 3.05) is 0 Å². The van der Waals surface area contributed by atoms with Crippen LogP contribution in [0.15, 0.2) is 60.7 Å². The minimum absolute atomic E-state index is 0.0556. The Hall–Kier alpha value is -5.05. The largest absolute Gasteiger partial charge is 0.508 e. The third-order valence-corrected chi connectivity index (χ3v) is 5.34. The van der Waals surface area contributed by atoms with Crippen molar-refractivity contribution in [1.29, 1.82) is 0 Å². The van der Waals surface area contributed by atoms with Crippen molar-refractivity contribution in [2.45, 2.75) is 0 Å². The van der Waals surface area contributed by atoms with E-state index >= 15 is 0 Å². The van der Waals surface area contributed by atoms with Crippen LogP contribution in [0, 0.1) is 0 Å². The van der Waals surface area contributed by atoms with Gasteiger partial charge in [-0.15, -0.1) is 0 Å². The van der Waals surface area contributed by atoms with Crippen LogP contribution in [0.2, 0.25) is 0 Å². The molecule has 0 aliphatic heterocycles. The van der Waals surface area contributed by atoms with Gasteiger partial charge < -0.3 is 40.9 Å². The molecule has 0 amide bonds. The minimum atomic E-state index is -1.04. The maximum absolute atomic E-state index is 13.3. The summed E-state index contributed by atoms with van der Waals surface area (Å²) in [5.41, 5.74) is -0.560. The molecule has 0 aliphatic rings. The van der Waals surface area contributed by atoms with E-state index in [0.29, 0.717) is 11.1 Å². The summed E-state index contributed by atoms with van der Waals surface area (Å²) in [6.07, 6.45) is 0. The van der Waals surface area contributed by atoms with Crippen molar-refractivity contribution in [1.82, 2.24) is 0 Å². The lowest BCUT2D eigenvalue weighted by atomic mass is 9.92. The summed E-state index contributed by atoms with van der Waals surface area (Å²) >= 11 is 0. The molecule has 0 spiro atoms. The van der Waals surface area contributed by atoms with Gasteiger partial charge in [-0.2, -0.15) is 0 Å². The predicted octanol–water partition coefficient (Wildman–Crippen LogP) is 3.90. The summed E-state index contributed by atoms with van der Waals surface area (Å²) in [7, 11) is 0. The number of rotatable bonds is 4. The molecule has 0 bridgehead atoms. The third kappa shape index (κ3) is 3.61. The summed E-state index contributed by atoms with van der Waals surface area (Å²) in [5.74, 6) is -6.52. The zero-order chi connectivity index (χ0) is 24.7. The van der Waals surface area contributed by atoms with E-state index < -0.39 is 51.4 Å². The van der Waals surface area contributed by atoms with E-state index in [1.165, 1.54) is 48.5 Å². The fourth-order valence-corrected chi connectivity index (χ4v) is 3.51. The Labute approximate surface area is 191 Å². The van der Waals surface area contributed by atoms with E-state index in [-0.39, 0.29) is 22.6 Å². The highest BCUT2D eigenvalue weighted by Gasteiger charge is 2.28. The molecule has 0 saturated heterocycles. The Morgan fingerprint density at radius 2 is 0.765 bits per heavy atom. The Balaban J connectivity index is 1.91. The SMILES string of the molecule is O=C(c1cc(-c2ccc(O)cc2)c(O)c(O)c1O)c1cc(-c2ccc(O)cc2)c(O)c(O)c1O. The second-order valence-corrected chi connectivity index (χ2v) is 7.46. The lowest BCUT2D eigenvalue weighted by molar-refractivity contribution is 0.103. The van der Waals surface area contributed by atoms with Gasteiger partial charge in [-0.1, -0.05) is 24.3 Å². The highest BCUT2D eigenvalue weighted by molar-refractivity contribution is 6.15. The van der Waals surface area contributed by atoms with Gasteiger partial charge in [0.25, 0.3) is 0 Å². The molecule has 0 aromatic heterocycles. The molecule has 0 saturated carbocycles. The quantitative estimate of drug-likeness (QED) is 0.165. The number of phenolic OH excluding ortho intramolecular Hbond substituents is 8. The van der Waals surface area contributed by atoms with Crippen molar-refractivity contribution in [3.05, 3.63) is 71.8 Å². The first kappa shape index (κ1) is 22.2. The van der Waals surface area contributed by atoms with Gasteiger partial charge in [-0.3, -0.25) is 4.79 Å². The number of carbonyl (C=O) groups excluding carboxylic acids is 1. The van der Waals surface area contributed by atoms with Crippen LogP contribution >= 0.6 is 0 Å². The van der Waals surface area contributed by atoms with Crippen LogP contribution in [-0.4, -0.2) is 46.6 Å². The van der Waals surface area contributed by atoms with Gasteiger partial charge in [0.15, 0.2) is 23.0 Å². The number of hydrogen-bond donors (Lipinski definition) is 8. The van der Waals surface area contributed by atoms with Gasteiger partial charge in [0.1, 0.15) is 11.5 Å². The van der Waals surface area contributed by atoms with Crippen LogP contribution in [0.25, 0.3) is 22.3 Å². The summed E-state index contributed by atoms with van der Waals surface area (Å²) in [6, 6.07) is 13.0. The molecule has 9 heteroatoms. The summed E-state index contributed by atoms with van der Waals surface area (Å²) in [5, 5.41) is 80.8. The Morgan fingerprint density at radius 3 is 1.09 bits per heavy atom. The lowest BCUT2D eigenvalue weighted by Crippen LogP contribution is -2.04. The number of aromatic hydroxyl groups is 8. The molecule has 0 radical (unpaired) electrons. The first-order chi connectivity index (χ1) is 16.1. The van der Waals surface area contributed by atoms with Crippen molar-refractivity contribution >= 4 is 5.78 Å². The summed E-state index contributed by atoms with van der Waals surface area (Å²) in [6.45, 7) is 0. The highest BCUT2D eigenvalue weighted by Crippen LogP contribution is 2.49. The second kappa shape index (κ2) is 8.14. The summed E-state index contributed by atoms with van der Waals surface area (Å²) in [4.78, 5) is 13.3. The van der Waals surface area contributed by atoms with Crippen LogP contribution in [0.5, 0.6) is 46.0 Å². The van der Waals surface area contributed by atoms with Crippen LogP contribution in [0.3, 0.4) is 0 Å². The van der Waals surface area contributed by atoms with Crippen LogP contribution in [0.1, 0.15) is 15.9 Å². The average Bonchev–Trinajstić information content (AvgIpc) is 2.82. The highest BCUT2D eigenvalue weighted by atomic mass is 16.3. The molecule has 0 fully saturated rings. The molecule has 172 valence electrons. The molecule has 4 rings (SSSR count). The molecule has 0 atom stereocenters. The van der Waals surface area contributed by atoms with Gasteiger partial charge in [-0.25, -0.2) is 0 Å². The van der Waals surface area contributed by atoms with E-state index in [9.17, 15) is 45.6 Å². The zero-order valence-corrected chi connectivity index (χ0v) is 17.3. The first-order valence-electron chi connectivity index (χ1n) is 9.79. The number of ketones is 1. The molecule has 34 heavy (non-hydrogen) atoms. The fourth-order valence-electron chi connectivity index (χ4n) is 3.51. The van der Waals surface area contributed by atoms with E-state index in [1.54, 1.807) is 0 Å². The number of hydrogen-bond acceptors (Lipinski definition) is 9. The number of phenols is 8. The van der Waals surface area contributed by atoms with E-state index in [0.717, 1.165) is 12.1 Å². The van der Waals surface area contributed by atoms with Crippen molar-refractivity contribution in [3.63, 3.8) is 0 Å². The van der Waals surface area contributed by atoms with Crippen molar-refractivity contribution in [2.24, 2.45) is 0 Å². The van der Waals surface area contributed by atoms with Gasteiger partial charge in [0.05, 0.1) is 11.1 Å². The molecule has 0 unspecified atom stereocenters. The molecule has 0 aliphatic carbocycles. The van der Waals surface area contributed by atoms with Gasteiger partial charge in [-0.05, 0) is 47.5 Å². The minimum Gasteiger partial charge on any atom is -0.508 e.